The average Bonchev–Trinajstić information content (AvgIpc) is 2.62. The summed E-state index contributed by atoms with van der Waals surface area (Å²) in [5, 5.41) is 3.92. The van der Waals surface area contributed by atoms with Gasteiger partial charge in [0.05, 0.1) is 20.4 Å². The second-order valence-electron chi connectivity index (χ2n) is 4.95. The van der Waals surface area contributed by atoms with Gasteiger partial charge in [-0.15, -0.1) is 0 Å². The summed E-state index contributed by atoms with van der Waals surface area (Å²) in [5.74, 6) is 1.63. The summed E-state index contributed by atoms with van der Waals surface area (Å²) in [4.78, 5) is 12.0. The van der Waals surface area contributed by atoms with Crippen LogP contribution in [0.2, 0.25) is 0 Å². The molecule has 0 spiro atoms. The second kappa shape index (κ2) is 8.57. The third-order valence-electron chi connectivity index (χ3n) is 3.23. The molecule has 0 heterocycles. The molecule has 6 heteroatoms. The van der Waals surface area contributed by atoms with Gasteiger partial charge in [0, 0.05) is 6.07 Å². The number of nitrogens with one attached hydrogen (secondary N) is 1. The highest BCUT2D eigenvalue weighted by atomic mass is 16.5. The first kappa shape index (κ1) is 17.3. The highest BCUT2D eigenvalue weighted by molar-refractivity contribution is 5.84. The Morgan fingerprint density at radius 1 is 1.04 bits per heavy atom. The zero-order valence-corrected chi connectivity index (χ0v) is 13.9. The minimum absolute atomic E-state index is 0.345. The minimum atomic E-state index is -0.690. The number of amides is 1. The van der Waals surface area contributed by atoms with E-state index in [0.717, 1.165) is 11.3 Å². The fraction of sp³-hybridized carbons (Fsp3) is 0.222. The molecule has 1 unspecified atom stereocenters. The van der Waals surface area contributed by atoms with Crippen LogP contribution in [0.1, 0.15) is 12.5 Å². The normalized spacial score (nSPS) is 11.8. The van der Waals surface area contributed by atoms with Crippen molar-refractivity contribution in [2.45, 2.75) is 13.0 Å². The number of carbonyl (C=O) groups excluding carboxylic acids is 1. The first-order valence-electron chi connectivity index (χ1n) is 7.40. The number of hydrogen-bond donors (Lipinski definition) is 1. The lowest BCUT2D eigenvalue weighted by atomic mass is 10.2. The van der Waals surface area contributed by atoms with Crippen molar-refractivity contribution in [2.75, 3.05) is 14.2 Å². The molecule has 0 aliphatic heterocycles. The Hall–Kier alpha value is -3.02. The number of methoxy groups -OCH3 is 2. The van der Waals surface area contributed by atoms with Gasteiger partial charge in [0.2, 0.25) is 0 Å². The number of carbonyl (C=O) groups is 1. The Bertz CT molecular complexity index is 698. The van der Waals surface area contributed by atoms with Gasteiger partial charge in [-0.25, -0.2) is 5.43 Å². The van der Waals surface area contributed by atoms with Crippen molar-refractivity contribution < 1.29 is 19.0 Å². The van der Waals surface area contributed by atoms with E-state index in [9.17, 15) is 4.79 Å². The molecule has 0 aliphatic carbocycles. The zero-order chi connectivity index (χ0) is 17.4. The van der Waals surface area contributed by atoms with Crippen molar-refractivity contribution in [1.82, 2.24) is 5.43 Å². The summed E-state index contributed by atoms with van der Waals surface area (Å²) in [6.07, 6.45) is 0.861. The van der Waals surface area contributed by atoms with Gasteiger partial charge in [-0.3, -0.25) is 4.79 Å². The zero-order valence-electron chi connectivity index (χ0n) is 13.9. The number of rotatable bonds is 7. The smallest absolute Gasteiger partial charge is 0.280 e. The van der Waals surface area contributed by atoms with Crippen LogP contribution in [0.25, 0.3) is 0 Å². The molecule has 0 radical (unpaired) electrons. The third-order valence-corrected chi connectivity index (χ3v) is 3.23. The first-order valence-corrected chi connectivity index (χ1v) is 7.40. The maximum Gasteiger partial charge on any atom is 0.280 e. The quantitative estimate of drug-likeness (QED) is 0.626. The van der Waals surface area contributed by atoms with Gasteiger partial charge in [0.1, 0.15) is 17.2 Å². The van der Waals surface area contributed by atoms with Gasteiger partial charge in [-0.05, 0) is 48.9 Å². The Morgan fingerprint density at radius 2 is 1.71 bits per heavy atom. The van der Waals surface area contributed by atoms with Crippen LogP contribution in [0.3, 0.4) is 0 Å². The van der Waals surface area contributed by atoms with Crippen molar-refractivity contribution in [3.05, 3.63) is 54.1 Å². The van der Waals surface area contributed by atoms with Gasteiger partial charge in [-0.2, -0.15) is 5.10 Å². The summed E-state index contributed by atoms with van der Waals surface area (Å²) in [6, 6.07) is 14.4. The lowest BCUT2D eigenvalue weighted by Gasteiger charge is -2.13. The summed E-state index contributed by atoms with van der Waals surface area (Å²) in [7, 11) is 3.18. The van der Waals surface area contributed by atoms with E-state index in [2.05, 4.69) is 10.5 Å². The van der Waals surface area contributed by atoms with Crippen LogP contribution < -0.4 is 19.6 Å². The third kappa shape index (κ3) is 5.01. The fourth-order valence-electron chi connectivity index (χ4n) is 1.88. The highest BCUT2D eigenvalue weighted by Crippen LogP contribution is 2.19. The molecule has 1 atom stereocenters. The summed E-state index contributed by atoms with van der Waals surface area (Å²) < 4.78 is 15.8. The fourth-order valence-corrected chi connectivity index (χ4v) is 1.88. The molecule has 2 aromatic carbocycles. The molecule has 126 valence electrons. The number of ether oxygens (including phenoxy) is 3. The summed E-state index contributed by atoms with van der Waals surface area (Å²) in [5.41, 5.74) is 3.30. The molecule has 24 heavy (non-hydrogen) atoms. The van der Waals surface area contributed by atoms with Crippen molar-refractivity contribution >= 4 is 12.1 Å². The molecule has 1 N–H and O–H groups in total. The van der Waals surface area contributed by atoms with Crippen molar-refractivity contribution in [3.8, 4) is 17.2 Å². The Labute approximate surface area is 141 Å². The van der Waals surface area contributed by atoms with Crippen LogP contribution in [-0.4, -0.2) is 32.4 Å². The Morgan fingerprint density at radius 3 is 2.38 bits per heavy atom. The van der Waals surface area contributed by atoms with Gasteiger partial charge in [0.25, 0.3) is 5.91 Å². The van der Waals surface area contributed by atoms with E-state index in [1.807, 2.05) is 24.3 Å². The second-order valence-corrected chi connectivity index (χ2v) is 4.95. The molecule has 0 aliphatic rings. The Balaban J connectivity index is 1.87. The van der Waals surface area contributed by atoms with Crippen LogP contribution in [-0.2, 0) is 4.79 Å². The van der Waals surface area contributed by atoms with E-state index in [4.69, 9.17) is 14.2 Å². The van der Waals surface area contributed by atoms with E-state index in [1.165, 1.54) is 0 Å². The van der Waals surface area contributed by atoms with Gasteiger partial charge in [0.15, 0.2) is 6.10 Å². The summed E-state index contributed by atoms with van der Waals surface area (Å²) in [6.45, 7) is 1.65. The van der Waals surface area contributed by atoms with Gasteiger partial charge < -0.3 is 14.2 Å². The van der Waals surface area contributed by atoms with E-state index >= 15 is 0 Å². The van der Waals surface area contributed by atoms with Crippen molar-refractivity contribution in [3.63, 3.8) is 0 Å². The van der Waals surface area contributed by atoms with Crippen LogP contribution in [0.4, 0.5) is 0 Å². The van der Waals surface area contributed by atoms with E-state index in [0.29, 0.717) is 11.5 Å². The lowest BCUT2D eigenvalue weighted by molar-refractivity contribution is -0.127. The number of benzene rings is 2. The maximum absolute atomic E-state index is 12.0. The predicted molar refractivity (Wildman–Crippen MR) is 91.8 cm³/mol. The minimum Gasteiger partial charge on any atom is -0.497 e. The Kier molecular flexibility index (Phi) is 6.19. The average molecular weight is 328 g/mol. The molecule has 1 amide bonds. The SMILES string of the molecule is COc1ccc(/C=N/NC(=O)C(C)Oc2cccc(OC)c2)cc1. The van der Waals surface area contributed by atoms with E-state index in [1.54, 1.807) is 51.6 Å². The standard InChI is InChI=1S/C18H20N2O4/c1-13(24-17-6-4-5-16(11-17)23-3)18(21)20-19-12-14-7-9-15(22-2)10-8-14/h4-13H,1-3H3,(H,20,21)/b19-12+. The lowest BCUT2D eigenvalue weighted by Crippen LogP contribution is -2.33. The molecule has 0 bridgehead atoms. The largest absolute Gasteiger partial charge is 0.497 e. The molecule has 2 aromatic rings. The van der Waals surface area contributed by atoms with Crippen LogP contribution in [0.5, 0.6) is 17.2 Å². The predicted octanol–water partition coefficient (Wildman–Crippen LogP) is 2.62. The molecule has 0 fully saturated rings. The number of nitrogens with zero attached hydrogens (tertiary/aromatic N) is 1. The molecule has 0 aromatic heterocycles. The van der Waals surface area contributed by atoms with E-state index in [-0.39, 0.29) is 5.91 Å². The van der Waals surface area contributed by atoms with Crippen LogP contribution in [0.15, 0.2) is 53.6 Å². The molecule has 0 saturated heterocycles. The first-order chi connectivity index (χ1) is 11.6. The monoisotopic (exact) mass is 328 g/mol. The van der Waals surface area contributed by atoms with Gasteiger partial charge in [-0.1, -0.05) is 6.07 Å². The summed E-state index contributed by atoms with van der Waals surface area (Å²) >= 11 is 0. The van der Waals surface area contributed by atoms with Crippen molar-refractivity contribution in [2.24, 2.45) is 5.10 Å². The molecule has 2 rings (SSSR count). The van der Waals surface area contributed by atoms with Crippen LogP contribution >= 0.6 is 0 Å². The topological polar surface area (TPSA) is 69.2 Å². The number of hydrogen-bond acceptors (Lipinski definition) is 5. The van der Waals surface area contributed by atoms with Gasteiger partial charge >= 0.3 is 0 Å². The molecule has 0 saturated carbocycles. The molecular weight excluding hydrogens is 308 g/mol. The van der Waals surface area contributed by atoms with Crippen LogP contribution in [0, 0.1) is 0 Å². The van der Waals surface area contributed by atoms with E-state index < -0.39 is 6.10 Å². The number of hydrazone groups is 1. The molecule has 6 nitrogen and oxygen atoms in total. The van der Waals surface area contributed by atoms with Crippen molar-refractivity contribution in [1.29, 1.82) is 0 Å². The highest BCUT2D eigenvalue weighted by Gasteiger charge is 2.14. The maximum atomic E-state index is 12.0. The molecular formula is C18H20N2O4.